The highest BCUT2D eigenvalue weighted by molar-refractivity contribution is 5.85. The van der Waals surface area contributed by atoms with Gasteiger partial charge in [0.15, 0.2) is 0 Å². The Balaban J connectivity index is -0.0000000575. The molecule has 0 aromatic rings. The van der Waals surface area contributed by atoms with E-state index in [0.717, 1.165) is 6.54 Å². The molecule has 0 radical (unpaired) electrons. The number of halogens is 1. The Labute approximate surface area is 54.8 Å². The third kappa shape index (κ3) is 489. The van der Waals surface area contributed by atoms with Gasteiger partial charge < -0.3 is 17.2 Å². The molecule has 0 bridgehead atoms. The predicted molar refractivity (Wildman–Crippen MR) is 35.7 cm³/mol. The average molecular weight is 142 g/mol. The maximum Gasteiger partial charge on any atom is 0.309 e. The smallest absolute Gasteiger partial charge is 0.309 e. The van der Waals surface area contributed by atoms with E-state index >= 15 is 0 Å². The van der Waals surface area contributed by atoms with Crippen LogP contribution in [0.4, 0.5) is 4.79 Å². The lowest BCUT2D eigenvalue weighted by molar-refractivity contribution is 0.256. The van der Waals surface area contributed by atoms with Gasteiger partial charge in [-0.15, -0.1) is 12.4 Å². The third-order valence-electron chi connectivity index (χ3n) is 0. The fraction of sp³-hybridized carbons (Fsp3) is 0.667. The van der Waals surface area contributed by atoms with Gasteiger partial charge in [0.05, 0.1) is 0 Å². The van der Waals surface area contributed by atoms with E-state index < -0.39 is 6.03 Å². The zero-order valence-corrected chi connectivity index (χ0v) is 5.57. The summed E-state index contributed by atoms with van der Waals surface area (Å²) < 4.78 is 0. The second-order valence-electron chi connectivity index (χ2n) is 0.811. The Morgan fingerprint density at radius 1 is 1.50 bits per heavy atom. The summed E-state index contributed by atoms with van der Waals surface area (Å²) in [6, 6.07) is -0.833. The molecule has 52 valence electrons. The van der Waals surface area contributed by atoms with Crippen molar-refractivity contribution in [3.8, 4) is 0 Å². The van der Waals surface area contributed by atoms with E-state index in [1.165, 1.54) is 0 Å². The number of hydrogen-bond acceptors (Lipinski definition) is 2. The van der Waals surface area contributed by atoms with Crippen LogP contribution >= 0.6 is 12.4 Å². The van der Waals surface area contributed by atoms with Crippen LogP contribution in [-0.2, 0) is 0 Å². The molecular weight excluding hydrogens is 130 g/mol. The lowest BCUT2D eigenvalue weighted by Gasteiger charge is -1.62. The number of rotatable bonds is 0. The van der Waals surface area contributed by atoms with E-state index in [0.29, 0.717) is 0 Å². The van der Waals surface area contributed by atoms with Gasteiger partial charge >= 0.3 is 6.03 Å². The number of amides is 2. The molecule has 0 fully saturated rings. The summed E-state index contributed by atoms with van der Waals surface area (Å²) >= 11 is 0. The van der Waals surface area contributed by atoms with Crippen molar-refractivity contribution in [1.82, 2.24) is 0 Å². The van der Waals surface area contributed by atoms with Gasteiger partial charge in [-0.1, -0.05) is 6.92 Å². The van der Waals surface area contributed by atoms with Crippen molar-refractivity contribution in [2.24, 2.45) is 17.2 Å². The second-order valence-corrected chi connectivity index (χ2v) is 0.811. The van der Waals surface area contributed by atoms with Crippen molar-refractivity contribution < 1.29 is 4.79 Å². The van der Waals surface area contributed by atoms with Gasteiger partial charge in [0.1, 0.15) is 0 Å². The van der Waals surface area contributed by atoms with E-state index in [4.69, 9.17) is 10.5 Å². The minimum absolute atomic E-state index is 0. The first kappa shape index (κ1) is 15.6. The molecule has 0 spiro atoms. The standard InChI is InChI=1S/C2H7N.CH4N2O.ClH/c1-2-3;2-1(3)4;/h2-3H2,1H3;(H4,2,3,4);1H. The second kappa shape index (κ2) is 16.0. The van der Waals surface area contributed by atoms with Crippen molar-refractivity contribution in [3.05, 3.63) is 0 Å². The quantitative estimate of drug-likeness (QED) is 0.421. The number of carbonyl (C=O) groups is 1. The lowest BCUT2D eigenvalue weighted by Crippen LogP contribution is -2.18. The van der Waals surface area contributed by atoms with Crippen molar-refractivity contribution in [2.75, 3.05) is 6.54 Å². The Bertz CT molecular complexity index is 45.8. The highest BCUT2D eigenvalue weighted by Crippen LogP contribution is 1.25. The molecule has 4 nitrogen and oxygen atoms in total. The molecular formula is C3H12ClN3O. The first-order valence-corrected chi connectivity index (χ1v) is 1.90. The van der Waals surface area contributed by atoms with E-state index in [-0.39, 0.29) is 12.4 Å². The van der Waals surface area contributed by atoms with Gasteiger partial charge in [-0.05, 0) is 6.54 Å². The van der Waals surface area contributed by atoms with Gasteiger partial charge in [-0.2, -0.15) is 0 Å². The van der Waals surface area contributed by atoms with Crippen molar-refractivity contribution in [3.63, 3.8) is 0 Å². The van der Waals surface area contributed by atoms with Crippen LogP contribution in [0.15, 0.2) is 0 Å². The molecule has 6 N–H and O–H groups in total. The Kier molecular flexibility index (Phi) is 31.4. The number of primary amides is 2. The average Bonchev–Trinajstić information content (AvgIpc) is 1.33. The fourth-order valence-corrected chi connectivity index (χ4v) is 0. The highest BCUT2D eigenvalue weighted by atomic mass is 35.5. The summed E-state index contributed by atoms with van der Waals surface area (Å²) in [5.41, 5.74) is 13.3. The fourth-order valence-electron chi connectivity index (χ4n) is 0. The largest absolute Gasteiger partial charge is 0.352 e. The van der Waals surface area contributed by atoms with Crippen LogP contribution in [0, 0.1) is 0 Å². The molecule has 0 aliphatic carbocycles. The van der Waals surface area contributed by atoms with Crippen LogP contribution in [0.5, 0.6) is 0 Å². The predicted octanol–water partition coefficient (Wildman–Crippen LogP) is -0.589. The van der Waals surface area contributed by atoms with Crippen LogP contribution < -0.4 is 17.2 Å². The Morgan fingerprint density at radius 2 is 1.50 bits per heavy atom. The van der Waals surface area contributed by atoms with E-state index in [1.54, 1.807) is 0 Å². The topological polar surface area (TPSA) is 95.1 Å². The van der Waals surface area contributed by atoms with Gasteiger partial charge in [0.2, 0.25) is 0 Å². The first-order chi connectivity index (χ1) is 3.15. The van der Waals surface area contributed by atoms with Crippen LogP contribution in [0.1, 0.15) is 6.92 Å². The lowest BCUT2D eigenvalue weighted by atomic mass is 10.8. The number of hydrogen-bond donors (Lipinski definition) is 3. The molecule has 0 saturated carbocycles. The summed E-state index contributed by atoms with van der Waals surface area (Å²) in [5, 5.41) is 0. The van der Waals surface area contributed by atoms with E-state index in [1.807, 2.05) is 6.92 Å². The van der Waals surface area contributed by atoms with Crippen molar-refractivity contribution in [1.29, 1.82) is 0 Å². The maximum absolute atomic E-state index is 9.00. The molecule has 8 heavy (non-hydrogen) atoms. The minimum atomic E-state index is -0.833. The van der Waals surface area contributed by atoms with Gasteiger partial charge in [-0.25, -0.2) is 4.79 Å². The molecule has 0 unspecified atom stereocenters. The van der Waals surface area contributed by atoms with E-state index in [2.05, 4.69) is 11.5 Å². The van der Waals surface area contributed by atoms with Crippen LogP contribution in [0.2, 0.25) is 0 Å². The molecule has 0 saturated heterocycles. The Morgan fingerprint density at radius 3 is 1.50 bits per heavy atom. The SMILES string of the molecule is CCN.Cl.NC(N)=O. The molecule has 2 amide bonds. The van der Waals surface area contributed by atoms with Gasteiger partial charge in [0, 0.05) is 0 Å². The maximum atomic E-state index is 9.00. The summed E-state index contributed by atoms with van der Waals surface area (Å²) in [6.07, 6.45) is 0. The number of nitrogens with two attached hydrogens (primary N) is 3. The van der Waals surface area contributed by atoms with Crippen molar-refractivity contribution in [2.45, 2.75) is 6.92 Å². The Hall–Kier alpha value is -0.480. The molecule has 5 heteroatoms. The number of carbonyl (C=O) groups excluding carboxylic acids is 1. The summed E-state index contributed by atoms with van der Waals surface area (Å²) in [7, 11) is 0. The molecule has 0 atom stereocenters. The third-order valence-corrected chi connectivity index (χ3v) is 0. The highest BCUT2D eigenvalue weighted by Gasteiger charge is 1.60. The first-order valence-electron chi connectivity index (χ1n) is 1.90. The molecule has 0 aliphatic rings. The molecule has 0 aromatic heterocycles. The summed E-state index contributed by atoms with van der Waals surface area (Å²) in [5.74, 6) is 0. The summed E-state index contributed by atoms with van der Waals surface area (Å²) in [4.78, 5) is 9.00. The normalized spacial score (nSPS) is 5.25. The molecule has 0 aromatic carbocycles. The van der Waals surface area contributed by atoms with Crippen LogP contribution in [-0.4, -0.2) is 12.6 Å². The molecule has 0 aliphatic heterocycles. The van der Waals surface area contributed by atoms with Crippen LogP contribution in [0.25, 0.3) is 0 Å². The zero-order valence-electron chi connectivity index (χ0n) is 4.76. The zero-order chi connectivity index (χ0) is 6.28. The minimum Gasteiger partial charge on any atom is -0.352 e. The van der Waals surface area contributed by atoms with E-state index in [9.17, 15) is 0 Å². The molecule has 0 heterocycles. The monoisotopic (exact) mass is 141 g/mol. The summed E-state index contributed by atoms with van der Waals surface area (Å²) in [6.45, 7) is 2.65. The number of urea groups is 1. The van der Waals surface area contributed by atoms with Crippen molar-refractivity contribution >= 4 is 18.4 Å². The van der Waals surface area contributed by atoms with Gasteiger partial charge in [0.25, 0.3) is 0 Å². The van der Waals surface area contributed by atoms with Crippen LogP contribution in [0.3, 0.4) is 0 Å². The van der Waals surface area contributed by atoms with Gasteiger partial charge in [-0.3, -0.25) is 0 Å². The molecule has 0 rings (SSSR count).